The first-order valence-electron chi connectivity index (χ1n) is 6.37. The molecule has 0 bridgehead atoms. The number of nitrogens with two attached hydrogens (primary N) is 2. The summed E-state index contributed by atoms with van der Waals surface area (Å²) in [6.07, 6.45) is 2.76. The summed E-state index contributed by atoms with van der Waals surface area (Å²) >= 11 is 0. The van der Waals surface area contributed by atoms with Crippen molar-refractivity contribution in [2.45, 2.75) is 37.8 Å². The van der Waals surface area contributed by atoms with Crippen LogP contribution in [0.1, 0.15) is 25.7 Å². The maximum Gasteiger partial charge on any atom is 0.320 e. The fraction of sp³-hybridized carbons (Fsp3) is 0.727. The Balaban J connectivity index is 0.000000388. The number of carbonyl (C=O) groups is 2. The molecule has 0 aliphatic carbocycles. The molecule has 1 aliphatic heterocycles. The van der Waals surface area contributed by atoms with Gasteiger partial charge in [-0.15, -0.1) is 0 Å². The van der Waals surface area contributed by atoms with Gasteiger partial charge in [0.2, 0.25) is 0 Å². The third-order valence-corrected chi connectivity index (χ3v) is 2.68. The number of carboxylic acid groups (broad SMARTS) is 2. The van der Waals surface area contributed by atoms with E-state index in [-0.39, 0.29) is 12.0 Å². The van der Waals surface area contributed by atoms with Gasteiger partial charge in [0.25, 0.3) is 0 Å². The van der Waals surface area contributed by atoms with Crippen LogP contribution in [0, 0.1) is 5.41 Å². The monoisotopic (exact) mass is 289 g/mol. The van der Waals surface area contributed by atoms with Crippen molar-refractivity contribution in [3.8, 4) is 0 Å². The molecule has 0 radical (unpaired) electrons. The predicted molar refractivity (Wildman–Crippen MR) is 73.4 cm³/mol. The highest BCUT2D eigenvalue weighted by atomic mass is 16.4. The second-order valence-corrected chi connectivity index (χ2v) is 4.41. The van der Waals surface area contributed by atoms with E-state index in [4.69, 9.17) is 27.1 Å². The third-order valence-electron chi connectivity index (χ3n) is 2.68. The smallest absolute Gasteiger partial charge is 0.320 e. The zero-order valence-electron chi connectivity index (χ0n) is 11.3. The summed E-state index contributed by atoms with van der Waals surface area (Å²) in [6.45, 7) is 1.34. The molecule has 1 fully saturated rings. The van der Waals surface area contributed by atoms with Gasteiger partial charge >= 0.3 is 11.9 Å². The highest BCUT2D eigenvalue weighted by molar-refractivity contribution is 5.74. The van der Waals surface area contributed by atoms with Crippen LogP contribution in [0.15, 0.2) is 0 Å². The Morgan fingerprint density at radius 3 is 2.45 bits per heavy atom. The molecule has 1 unspecified atom stereocenters. The van der Waals surface area contributed by atoms with Gasteiger partial charge in [0.05, 0.1) is 0 Å². The van der Waals surface area contributed by atoms with E-state index in [2.05, 4.69) is 10.6 Å². The van der Waals surface area contributed by atoms with Crippen molar-refractivity contribution in [3.05, 3.63) is 0 Å². The quantitative estimate of drug-likeness (QED) is 0.175. The molecule has 1 heterocycles. The van der Waals surface area contributed by atoms with Crippen LogP contribution < -0.4 is 22.1 Å². The fourth-order valence-corrected chi connectivity index (χ4v) is 1.56. The molecule has 1 rings (SSSR count). The molecule has 9 heteroatoms. The molecular formula is C11H23N5O4. The maximum atomic E-state index is 10.2. The second-order valence-electron chi connectivity index (χ2n) is 4.41. The molecule has 0 amide bonds. The van der Waals surface area contributed by atoms with E-state index >= 15 is 0 Å². The summed E-state index contributed by atoms with van der Waals surface area (Å²) in [5.41, 5.74) is 10.2. The van der Waals surface area contributed by atoms with Gasteiger partial charge in [0, 0.05) is 6.54 Å². The lowest BCUT2D eigenvalue weighted by Gasteiger charge is -2.06. The summed E-state index contributed by atoms with van der Waals surface area (Å²) in [5, 5.41) is 28.9. The Bertz CT molecular complexity index is 331. The van der Waals surface area contributed by atoms with Crippen LogP contribution in [0.3, 0.4) is 0 Å². The van der Waals surface area contributed by atoms with Crippen LogP contribution in [0.2, 0.25) is 0 Å². The van der Waals surface area contributed by atoms with Crippen LogP contribution in [-0.2, 0) is 9.59 Å². The first-order valence-corrected chi connectivity index (χ1v) is 6.37. The van der Waals surface area contributed by atoms with Crippen LogP contribution in [0.4, 0.5) is 0 Å². The highest BCUT2D eigenvalue weighted by Crippen LogP contribution is 2.03. The standard InChI is InChI=1S/C6H14N4O2.C5H9NO2/c7-4(5(11)12)2-1-3-10-6(8)9;7-5(8)4-2-1-3-6-4/h4H,1-3,7H2,(H,11,12)(H4,8,9,10);4,6H,1-3H2,(H,7,8)/t;4-/m.0/s1. The number of guanidine groups is 1. The van der Waals surface area contributed by atoms with Gasteiger partial charge in [-0.1, -0.05) is 0 Å². The lowest BCUT2D eigenvalue weighted by atomic mass is 10.2. The summed E-state index contributed by atoms with van der Waals surface area (Å²) < 4.78 is 0. The number of hydrogen-bond acceptors (Lipinski definition) is 5. The molecule has 20 heavy (non-hydrogen) atoms. The maximum absolute atomic E-state index is 10.2. The Kier molecular flexibility index (Phi) is 9.05. The van der Waals surface area contributed by atoms with Crippen molar-refractivity contribution in [2.24, 2.45) is 11.5 Å². The summed E-state index contributed by atoms with van der Waals surface area (Å²) in [7, 11) is 0. The summed E-state index contributed by atoms with van der Waals surface area (Å²) in [6, 6.07) is -1.09. The average molecular weight is 289 g/mol. The van der Waals surface area contributed by atoms with Crippen LogP contribution in [0.25, 0.3) is 0 Å². The SMILES string of the molecule is N=C(N)NCCCC(N)C(=O)O.O=C(O)[C@@H]1CCCN1. The van der Waals surface area contributed by atoms with Gasteiger partial charge in [-0.2, -0.15) is 0 Å². The largest absolute Gasteiger partial charge is 0.480 e. The van der Waals surface area contributed by atoms with Crippen LogP contribution >= 0.6 is 0 Å². The van der Waals surface area contributed by atoms with Crippen molar-refractivity contribution < 1.29 is 19.8 Å². The summed E-state index contributed by atoms with van der Waals surface area (Å²) in [4.78, 5) is 20.4. The van der Waals surface area contributed by atoms with E-state index in [0.717, 1.165) is 19.4 Å². The van der Waals surface area contributed by atoms with Gasteiger partial charge in [-0.05, 0) is 32.2 Å². The fourth-order valence-electron chi connectivity index (χ4n) is 1.56. The molecule has 116 valence electrons. The van der Waals surface area contributed by atoms with E-state index in [1.165, 1.54) is 0 Å². The summed E-state index contributed by atoms with van der Waals surface area (Å²) in [5.74, 6) is -1.83. The van der Waals surface area contributed by atoms with Gasteiger partial charge in [0.15, 0.2) is 5.96 Å². The molecule has 0 aromatic carbocycles. The number of nitrogens with one attached hydrogen (secondary N) is 3. The van der Waals surface area contributed by atoms with Gasteiger partial charge < -0.3 is 32.3 Å². The predicted octanol–water partition coefficient (Wildman–Crippen LogP) is -1.52. The molecule has 0 aromatic heterocycles. The third kappa shape index (κ3) is 9.11. The Labute approximate surface area is 117 Å². The van der Waals surface area contributed by atoms with Gasteiger partial charge in [-0.3, -0.25) is 15.0 Å². The molecule has 0 aromatic rings. The number of carboxylic acids is 2. The minimum Gasteiger partial charge on any atom is -0.480 e. The van der Waals surface area contributed by atoms with Crippen molar-refractivity contribution in [2.75, 3.05) is 13.1 Å². The molecule has 2 atom stereocenters. The Hall–Kier alpha value is -1.87. The minimum atomic E-state index is -1.00. The van der Waals surface area contributed by atoms with E-state index in [1.807, 2.05) is 0 Å². The lowest BCUT2D eigenvalue weighted by Crippen LogP contribution is -2.34. The Morgan fingerprint density at radius 2 is 2.10 bits per heavy atom. The van der Waals surface area contributed by atoms with E-state index in [1.54, 1.807) is 0 Å². The second kappa shape index (κ2) is 9.98. The van der Waals surface area contributed by atoms with Crippen LogP contribution in [-0.4, -0.2) is 53.3 Å². The normalized spacial score (nSPS) is 18.6. The van der Waals surface area contributed by atoms with Crippen molar-refractivity contribution in [1.82, 2.24) is 10.6 Å². The highest BCUT2D eigenvalue weighted by Gasteiger charge is 2.20. The first kappa shape index (κ1) is 18.1. The number of aliphatic carboxylic acids is 2. The zero-order chi connectivity index (χ0) is 15.5. The zero-order valence-corrected chi connectivity index (χ0v) is 11.3. The molecule has 1 saturated heterocycles. The van der Waals surface area contributed by atoms with Gasteiger partial charge in [0.1, 0.15) is 12.1 Å². The van der Waals surface area contributed by atoms with E-state index < -0.39 is 18.0 Å². The Morgan fingerprint density at radius 1 is 1.45 bits per heavy atom. The molecular weight excluding hydrogens is 266 g/mol. The van der Waals surface area contributed by atoms with Crippen molar-refractivity contribution in [1.29, 1.82) is 5.41 Å². The molecule has 1 aliphatic rings. The lowest BCUT2D eigenvalue weighted by molar-refractivity contribution is -0.139. The van der Waals surface area contributed by atoms with Crippen LogP contribution in [0.5, 0.6) is 0 Å². The van der Waals surface area contributed by atoms with Gasteiger partial charge in [-0.25, -0.2) is 0 Å². The van der Waals surface area contributed by atoms with E-state index in [9.17, 15) is 9.59 Å². The van der Waals surface area contributed by atoms with E-state index in [0.29, 0.717) is 19.4 Å². The molecule has 0 spiro atoms. The average Bonchev–Trinajstić information content (AvgIpc) is 2.88. The van der Waals surface area contributed by atoms with Crippen molar-refractivity contribution >= 4 is 17.9 Å². The molecule has 9 N–H and O–H groups in total. The number of rotatable bonds is 6. The molecule has 0 saturated carbocycles. The van der Waals surface area contributed by atoms with Crippen molar-refractivity contribution in [3.63, 3.8) is 0 Å². The minimum absolute atomic E-state index is 0.112. The first-order chi connectivity index (χ1) is 9.34. The number of hydrogen-bond donors (Lipinski definition) is 7. The topological polar surface area (TPSA) is 175 Å². The molecule has 9 nitrogen and oxygen atoms in total.